The molecular weight excluding hydrogens is 402 g/mol. The molecule has 0 aromatic heterocycles. The van der Waals surface area contributed by atoms with Crippen LogP contribution < -0.4 is 5.73 Å². The lowest BCUT2D eigenvalue weighted by Gasteiger charge is -2.44. The number of carboxylic acid groups (broad SMARTS) is 2. The van der Waals surface area contributed by atoms with E-state index < -0.39 is 73.4 Å². The zero-order valence-electron chi connectivity index (χ0n) is 15.1. The first-order valence-electron chi connectivity index (χ1n) is 8.74. The highest BCUT2D eigenvalue weighted by atomic mass is 16.7. The Balaban J connectivity index is 2.16. The minimum Gasteiger partial charge on any atom is -0.479 e. The van der Waals surface area contributed by atoms with Gasteiger partial charge in [-0.1, -0.05) is 0 Å². The maximum atomic E-state index is 11.5. The van der Waals surface area contributed by atoms with Crippen molar-refractivity contribution in [2.75, 3.05) is 13.2 Å². The number of hydrogen-bond donors (Lipinski definition) is 8. The van der Waals surface area contributed by atoms with Gasteiger partial charge in [0.05, 0.1) is 6.61 Å². The molecule has 14 nitrogen and oxygen atoms in total. The van der Waals surface area contributed by atoms with E-state index in [0.717, 1.165) is 0 Å². The quantitative estimate of drug-likeness (QED) is 0.170. The van der Waals surface area contributed by atoms with Gasteiger partial charge in [-0.2, -0.15) is 0 Å². The zero-order valence-corrected chi connectivity index (χ0v) is 15.1. The summed E-state index contributed by atoms with van der Waals surface area (Å²) in [5.41, 5.74) is 5.31. The molecule has 0 aromatic rings. The number of aliphatic hydroxyl groups is 5. The van der Waals surface area contributed by atoms with Gasteiger partial charge < -0.3 is 60.4 Å². The summed E-state index contributed by atoms with van der Waals surface area (Å²) in [6.45, 7) is 0.271. The summed E-state index contributed by atoms with van der Waals surface area (Å²) in [6.07, 6.45) is -18.5. The minimum atomic E-state index is -2.00. The predicted molar refractivity (Wildman–Crippen MR) is 87.1 cm³/mol. The summed E-state index contributed by atoms with van der Waals surface area (Å²) in [7, 11) is 0. The average molecular weight is 427 g/mol. The molecule has 2 saturated heterocycles. The molecule has 2 aliphatic rings. The van der Waals surface area contributed by atoms with Crippen molar-refractivity contribution >= 4 is 11.9 Å². The van der Waals surface area contributed by atoms with Crippen LogP contribution in [0.5, 0.6) is 0 Å². The van der Waals surface area contributed by atoms with Crippen LogP contribution in [-0.2, 0) is 28.5 Å². The van der Waals surface area contributed by atoms with Crippen molar-refractivity contribution in [3.63, 3.8) is 0 Å². The fraction of sp³-hybridized carbons (Fsp3) is 0.867. The first-order chi connectivity index (χ1) is 13.6. The Hall–Kier alpha value is -1.46. The third kappa shape index (κ3) is 5.18. The van der Waals surface area contributed by atoms with E-state index in [-0.39, 0.29) is 13.2 Å². The molecular formula is C15H25NO13. The summed E-state index contributed by atoms with van der Waals surface area (Å²) in [4.78, 5) is 22.7. The van der Waals surface area contributed by atoms with Crippen LogP contribution in [0.3, 0.4) is 0 Å². The topological polar surface area (TPSA) is 239 Å². The molecule has 0 bridgehead atoms. The molecule has 9 N–H and O–H groups in total. The lowest BCUT2D eigenvalue weighted by molar-refractivity contribution is -0.350. The fourth-order valence-electron chi connectivity index (χ4n) is 2.93. The first-order valence-corrected chi connectivity index (χ1v) is 8.74. The maximum absolute atomic E-state index is 11.5. The molecule has 0 aromatic carbocycles. The summed E-state index contributed by atoms with van der Waals surface area (Å²) in [6, 6.07) is 0. The van der Waals surface area contributed by atoms with E-state index in [2.05, 4.69) is 0 Å². The van der Waals surface area contributed by atoms with Crippen molar-refractivity contribution in [3.05, 3.63) is 0 Å². The Morgan fingerprint density at radius 3 is 1.90 bits per heavy atom. The maximum Gasteiger partial charge on any atom is 0.335 e. The van der Waals surface area contributed by atoms with E-state index in [0.29, 0.717) is 6.42 Å². The van der Waals surface area contributed by atoms with Crippen molar-refractivity contribution in [2.24, 2.45) is 5.73 Å². The number of aliphatic hydroxyl groups excluding tert-OH is 5. The number of aliphatic carboxylic acids is 2. The van der Waals surface area contributed by atoms with E-state index in [9.17, 15) is 40.2 Å². The molecule has 168 valence electrons. The molecule has 0 amide bonds. The molecule has 0 radical (unpaired) electrons. The van der Waals surface area contributed by atoms with E-state index in [1.165, 1.54) is 0 Å². The van der Waals surface area contributed by atoms with Gasteiger partial charge in [0.2, 0.25) is 0 Å². The second kappa shape index (κ2) is 10.0. The number of rotatable bonds is 8. The van der Waals surface area contributed by atoms with Gasteiger partial charge in [-0.15, -0.1) is 0 Å². The number of nitrogens with two attached hydrogens (primary N) is 1. The summed E-state index contributed by atoms with van der Waals surface area (Å²) >= 11 is 0. The van der Waals surface area contributed by atoms with Gasteiger partial charge in [0.1, 0.15) is 36.6 Å². The Kier molecular flexibility index (Phi) is 8.24. The van der Waals surface area contributed by atoms with Crippen LogP contribution in [0.1, 0.15) is 6.42 Å². The van der Waals surface area contributed by atoms with Crippen molar-refractivity contribution in [1.82, 2.24) is 0 Å². The Labute approximate surface area is 164 Å². The van der Waals surface area contributed by atoms with Crippen molar-refractivity contribution < 1.29 is 64.3 Å². The standard InChI is InChI=1S/C15H25NO13/c16-2-1-3-26-14-8(21)6(19)9(11(29-14)13(24)25)27-15-7(20)4(17)5(18)10(28-15)12(22)23/h4-11,14-15,17-21H,1-3,16H2,(H,22,23)(H,24,25)/t4-,5-,6+,7-,8-,9-,10+,11+,14+,15+/m0/s1. The monoisotopic (exact) mass is 427 g/mol. The van der Waals surface area contributed by atoms with E-state index in [1.807, 2.05) is 0 Å². The van der Waals surface area contributed by atoms with Crippen LogP contribution in [0, 0.1) is 0 Å². The highest BCUT2D eigenvalue weighted by molar-refractivity contribution is 5.74. The average Bonchev–Trinajstić information content (AvgIpc) is 2.66. The third-order valence-corrected chi connectivity index (χ3v) is 4.52. The van der Waals surface area contributed by atoms with Gasteiger partial charge in [-0.3, -0.25) is 0 Å². The SMILES string of the molecule is NCCCO[C@@H]1O[C@@H](C(=O)O)[C@@H](O[C@@H]2O[C@@H](C(=O)O)[C@@H](O)[C@H](O)[C@@H]2O)[C@H](O)[C@@H]1O. The van der Waals surface area contributed by atoms with E-state index in [4.69, 9.17) is 29.8 Å². The molecule has 2 aliphatic heterocycles. The van der Waals surface area contributed by atoms with E-state index in [1.54, 1.807) is 0 Å². The van der Waals surface area contributed by atoms with Crippen LogP contribution in [-0.4, -0.2) is 122 Å². The number of carboxylic acids is 2. The number of ether oxygens (including phenoxy) is 4. The van der Waals surface area contributed by atoms with Gasteiger partial charge in [-0.05, 0) is 13.0 Å². The van der Waals surface area contributed by atoms with Gasteiger partial charge in [0.15, 0.2) is 24.8 Å². The molecule has 14 heteroatoms. The van der Waals surface area contributed by atoms with Crippen molar-refractivity contribution in [1.29, 1.82) is 0 Å². The lowest BCUT2D eigenvalue weighted by Crippen LogP contribution is -2.65. The van der Waals surface area contributed by atoms with Gasteiger partial charge in [0.25, 0.3) is 0 Å². The largest absolute Gasteiger partial charge is 0.479 e. The van der Waals surface area contributed by atoms with Gasteiger partial charge >= 0.3 is 11.9 Å². The molecule has 0 saturated carbocycles. The van der Waals surface area contributed by atoms with Gasteiger partial charge in [0, 0.05) is 0 Å². The minimum absolute atomic E-state index is 0.0115. The molecule has 0 unspecified atom stereocenters. The second-order valence-corrected chi connectivity index (χ2v) is 6.59. The second-order valence-electron chi connectivity index (χ2n) is 6.59. The van der Waals surface area contributed by atoms with Crippen LogP contribution in [0.2, 0.25) is 0 Å². The Morgan fingerprint density at radius 1 is 0.793 bits per heavy atom. The Bertz CT molecular complexity index is 576. The smallest absolute Gasteiger partial charge is 0.335 e. The summed E-state index contributed by atoms with van der Waals surface area (Å²) < 4.78 is 20.4. The normalized spacial score (nSPS) is 43.1. The molecule has 2 rings (SSSR count). The molecule has 2 heterocycles. The lowest BCUT2D eigenvalue weighted by atomic mass is 9.96. The van der Waals surface area contributed by atoms with Crippen LogP contribution >= 0.6 is 0 Å². The number of carbonyl (C=O) groups is 2. The summed E-state index contributed by atoms with van der Waals surface area (Å²) in [5, 5.41) is 68.3. The number of hydrogen-bond acceptors (Lipinski definition) is 12. The highest BCUT2D eigenvalue weighted by Gasteiger charge is 2.53. The van der Waals surface area contributed by atoms with Crippen LogP contribution in [0.25, 0.3) is 0 Å². The van der Waals surface area contributed by atoms with Crippen LogP contribution in [0.4, 0.5) is 0 Å². The fourth-order valence-corrected chi connectivity index (χ4v) is 2.93. The molecule has 2 fully saturated rings. The van der Waals surface area contributed by atoms with Crippen molar-refractivity contribution in [3.8, 4) is 0 Å². The zero-order chi connectivity index (χ0) is 21.9. The third-order valence-electron chi connectivity index (χ3n) is 4.52. The predicted octanol–water partition coefficient (Wildman–Crippen LogP) is -4.84. The van der Waals surface area contributed by atoms with Gasteiger partial charge in [-0.25, -0.2) is 9.59 Å². The molecule has 0 aliphatic carbocycles. The summed E-state index contributed by atoms with van der Waals surface area (Å²) in [5.74, 6) is -3.30. The first kappa shape index (κ1) is 23.8. The molecule has 10 atom stereocenters. The van der Waals surface area contributed by atoms with Crippen molar-refractivity contribution in [2.45, 2.75) is 67.8 Å². The Morgan fingerprint density at radius 2 is 1.34 bits per heavy atom. The van der Waals surface area contributed by atoms with Crippen LogP contribution in [0.15, 0.2) is 0 Å². The van der Waals surface area contributed by atoms with E-state index >= 15 is 0 Å². The highest BCUT2D eigenvalue weighted by Crippen LogP contribution is 2.29. The molecule has 0 spiro atoms. The molecule has 29 heavy (non-hydrogen) atoms.